The van der Waals surface area contributed by atoms with Crippen LogP contribution in [-0.2, 0) is 11.2 Å². The minimum Gasteiger partial charge on any atom is -0.497 e. The summed E-state index contributed by atoms with van der Waals surface area (Å²) in [7, 11) is 5.74. The van der Waals surface area contributed by atoms with Gasteiger partial charge >= 0.3 is 0 Å². The number of methoxy groups -OCH3 is 1. The van der Waals surface area contributed by atoms with Crippen LogP contribution in [0.5, 0.6) is 5.75 Å². The van der Waals surface area contributed by atoms with E-state index in [1.165, 1.54) is 5.56 Å². The largest absolute Gasteiger partial charge is 0.497 e. The molecule has 0 fully saturated rings. The molecule has 2 atom stereocenters. The molecule has 5 nitrogen and oxygen atoms in total. The third-order valence-corrected chi connectivity index (χ3v) is 5.60. The number of rotatable bonds is 3. The zero-order valence-corrected chi connectivity index (χ0v) is 16.3. The minimum absolute atomic E-state index is 0.0198. The fraction of sp³-hybridized carbons (Fsp3) is 0.364. The molecule has 27 heavy (non-hydrogen) atoms. The lowest BCUT2D eigenvalue weighted by atomic mass is 9.77. The molecule has 1 aliphatic heterocycles. The van der Waals surface area contributed by atoms with Crippen LogP contribution in [-0.4, -0.2) is 37.8 Å². The zero-order chi connectivity index (χ0) is 19.1. The van der Waals surface area contributed by atoms with Gasteiger partial charge in [0.25, 0.3) is 0 Å². The van der Waals surface area contributed by atoms with Gasteiger partial charge in [0.2, 0.25) is 5.91 Å². The van der Waals surface area contributed by atoms with Gasteiger partial charge in [-0.05, 0) is 54.3 Å². The van der Waals surface area contributed by atoms with E-state index in [9.17, 15) is 4.79 Å². The van der Waals surface area contributed by atoms with Crippen LogP contribution in [0.25, 0.3) is 0 Å². The first-order valence-corrected chi connectivity index (χ1v) is 9.32. The Kier molecular flexibility index (Phi) is 4.38. The summed E-state index contributed by atoms with van der Waals surface area (Å²) in [6, 6.07) is 14.6. The van der Waals surface area contributed by atoms with Crippen LogP contribution in [0, 0.1) is 5.92 Å². The Labute approximate surface area is 160 Å². The molecule has 0 aromatic heterocycles. The summed E-state index contributed by atoms with van der Waals surface area (Å²) in [6.45, 7) is 1.59. The summed E-state index contributed by atoms with van der Waals surface area (Å²) in [5, 5.41) is 6.44. The van der Waals surface area contributed by atoms with Gasteiger partial charge in [-0.1, -0.05) is 12.1 Å². The van der Waals surface area contributed by atoms with E-state index in [1.807, 2.05) is 20.2 Å². The van der Waals surface area contributed by atoms with Crippen molar-refractivity contribution in [3.63, 3.8) is 0 Å². The summed E-state index contributed by atoms with van der Waals surface area (Å²) < 4.78 is 5.36. The summed E-state index contributed by atoms with van der Waals surface area (Å²) >= 11 is 0. The predicted octanol–water partition coefficient (Wildman–Crippen LogP) is 3.63. The first-order chi connectivity index (χ1) is 13.0. The third kappa shape index (κ3) is 2.97. The summed E-state index contributed by atoms with van der Waals surface area (Å²) in [4.78, 5) is 14.4. The molecule has 2 aromatic rings. The van der Waals surface area contributed by atoms with Crippen LogP contribution in [0.2, 0.25) is 0 Å². The molecule has 0 saturated carbocycles. The van der Waals surface area contributed by atoms with Gasteiger partial charge < -0.3 is 9.64 Å². The lowest BCUT2D eigenvalue weighted by Gasteiger charge is -2.29. The van der Waals surface area contributed by atoms with Crippen molar-refractivity contribution in [2.45, 2.75) is 25.8 Å². The van der Waals surface area contributed by atoms with Gasteiger partial charge in [0, 0.05) is 38.2 Å². The number of benzene rings is 2. The molecule has 2 aliphatic rings. The van der Waals surface area contributed by atoms with Crippen molar-refractivity contribution < 1.29 is 9.53 Å². The normalized spacial score (nSPS) is 20.6. The van der Waals surface area contributed by atoms with E-state index in [0.717, 1.165) is 41.1 Å². The number of aryl methyl sites for hydroxylation is 1. The van der Waals surface area contributed by atoms with Gasteiger partial charge in [-0.15, -0.1) is 0 Å². The molecule has 1 aliphatic carbocycles. The predicted molar refractivity (Wildman–Crippen MR) is 107 cm³/mol. The average molecular weight is 363 g/mol. The molecule has 1 amide bonds. The second-order valence-electron chi connectivity index (χ2n) is 7.45. The van der Waals surface area contributed by atoms with Crippen molar-refractivity contribution in [1.82, 2.24) is 5.01 Å². The first kappa shape index (κ1) is 17.6. The van der Waals surface area contributed by atoms with E-state index >= 15 is 0 Å². The molecule has 0 N–H and O–H groups in total. The lowest BCUT2D eigenvalue weighted by Crippen LogP contribution is -2.31. The summed E-state index contributed by atoms with van der Waals surface area (Å²) in [5.74, 6) is 1.07. The van der Waals surface area contributed by atoms with Gasteiger partial charge in [-0.3, -0.25) is 4.79 Å². The second kappa shape index (κ2) is 6.72. The van der Waals surface area contributed by atoms with E-state index in [0.29, 0.717) is 0 Å². The molecule has 5 heteroatoms. The van der Waals surface area contributed by atoms with Crippen molar-refractivity contribution in [1.29, 1.82) is 0 Å². The lowest BCUT2D eigenvalue weighted by molar-refractivity contribution is -0.131. The SMILES string of the molecule is COc1ccc2c(c1)CC[C@H]1C2=NN(C(C)=O)[C@@H]1c1ccc(N(C)C)cc1. The summed E-state index contributed by atoms with van der Waals surface area (Å²) in [6.07, 6.45) is 1.94. The molecule has 0 radical (unpaired) electrons. The Morgan fingerprint density at radius 3 is 2.56 bits per heavy atom. The Morgan fingerprint density at radius 2 is 1.93 bits per heavy atom. The van der Waals surface area contributed by atoms with Crippen molar-refractivity contribution >= 4 is 17.3 Å². The monoisotopic (exact) mass is 363 g/mol. The molecule has 2 aromatic carbocycles. The number of hydrogen-bond acceptors (Lipinski definition) is 4. The fourth-order valence-electron chi connectivity index (χ4n) is 4.19. The highest BCUT2D eigenvalue weighted by Crippen LogP contribution is 2.44. The van der Waals surface area contributed by atoms with E-state index in [1.54, 1.807) is 19.0 Å². The van der Waals surface area contributed by atoms with E-state index < -0.39 is 0 Å². The van der Waals surface area contributed by atoms with Gasteiger partial charge in [0.15, 0.2) is 0 Å². The summed E-state index contributed by atoms with van der Waals surface area (Å²) in [5.41, 5.74) is 5.70. The highest BCUT2D eigenvalue weighted by atomic mass is 16.5. The molecule has 0 saturated heterocycles. The number of fused-ring (bicyclic) bond motifs is 3. The number of hydrazone groups is 1. The number of nitrogens with zero attached hydrogens (tertiary/aromatic N) is 3. The first-order valence-electron chi connectivity index (χ1n) is 9.32. The smallest absolute Gasteiger partial charge is 0.240 e. The maximum atomic E-state index is 12.4. The molecule has 0 unspecified atom stereocenters. The van der Waals surface area contributed by atoms with Crippen molar-refractivity contribution in [2.24, 2.45) is 11.0 Å². The van der Waals surface area contributed by atoms with Crippen LogP contribution in [0.3, 0.4) is 0 Å². The number of carbonyl (C=O) groups excluding carboxylic acids is 1. The molecule has 1 heterocycles. The Morgan fingerprint density at radius 1 is 1.19 bits per heavy atom. The second-order valence-corrected chi connectivity index (χ2v) is 7.45. The molecular formula is C22H25N3O2. The Balaban J connectivity index is 1.73. The van der Waals surface area contributed by atoms with Crippen LogP contribution in [0.15, 0.2) is 47.6 Å². The van der Waals surface area contributed by atoms with E-state index in [4.69, 9.17) is 9.84 Å². The van der Waals surface area contributed by atoms with Gasteiger partial charge in [-0.2, -0.15) is 5.10 Å². The van der Waals surface area contributed by atoms with Crippen molar-refractivity contribution in [3.8, 4) is 5.75 Å². The molecule has 140 valence electrons. The molecule has 4 rings (SSSR count). The number of carbonyl (C=O) groups is 1. The topological polar surface area (TPSA) is 45.1 Å². The average Bonchev–Trinajstić information content (AvgIpc) is 3.07. The van der Waals surface area contributed by atoms with Gasteiger partial charge in [0.05, 0.1) is 18.9 Å². The van der Waals surface area contributed by atoms with Crippen LogP contribution < -0.4 is 9.64 Å². The third-order valence-electron chi connectivity index (χ3n) is 5.60. The minimum atomic E-state index is -0.0380. The standard InChI is InChI=1S/C22H25N3O2/c1-14(26)25-22(15-5-8-17(9-6-15)24(2)3)20-11-7-16-13-18(27-4)10-12-19(16)21(20)23-25/h5-6,8-10,12-13,20,22H,7,11H2,1-4H3/t20-,22+/m0/s1. The highest BCUT2D eigenvalue weighted by Gasteiger charge is 2.43. The quantitative estimate of drug-likeness (QED) is 0.836. The zero-order valence-electron chi connectivity index (χ0n) is 16.3. The number of hydrogen-bond donors (Lipinski definition) is 0. The van der Waals surface area contributed by atoms with Gasteiger partial charge in [-0.25, -0.2) is 5.01 Å². The number of ether oxygens (including phenoxy) is 1. The Hall–Kier alpha value is -2.82. The molecule has 0 bridgehead atoms. The van der Waals surface area contributed by atoms with Gasteiger partial charge in [0.1, 0.15) is 5.75 Å². The molecule has 0 spiro atoms. The Bertz CT molecular complexity index is 902. The van der Waals surface area contributed by atoms with Crippen LogP contribution >= 0.6 is 0 Å². The maximum absolute atomic E-state index is 12.4. The fourth-order valence-corrected chi connectivity index (χ4v) is 4.19. The van der Waals surface area contributed by atoms with Crippen molar-refractivity contribution in [2.75, 3.05) is 26.1 Å². The van der Waals surface area contributed by atoms with Crippen LogP contribution in [0.1, 0.15) is 36.1 Å². The number of anilines is 1. The highest BCUT2D eigenvalue weighted by molar-refractivity contribution is 6.06. The van der Waals surface area contributed by atoms with Crippen LogP contribution in [0.4, 0.5) is 5.69 Å². The number of amides is 1. The van der Waals surface area contributed by atoms with E-state index in [2.05, 4.69) is 41.3 Å². The van der Waals surface area contributed by atoms with Crippen molar-refractivity contribution in [3.05, 3.63) is 59.2 Å². The van der Waals surface area contributed by atoms with E-state index in [-0.39, 0.29) is 17.9 Å². The maximum Gasteiger partial charge on any atom is 0.240 e. The molecular weight excluding hydrogens is 338 g/mol.